The Hall–Kier alpha value is -0.490. The second kappa shape index (κ2) is 3.95. The van der Waals surface area contributed by atoms with Gasteiger partial charge in [0.1, 0.15) is 12.4 Å². The molecular weight excluding hydrogens is 164 g/mol. The van der Waals surface area contributed by atoms with Crippen LogP contribution in [0.5, 0.6) is 0 Å². The minimum atomic E-state index is -1.13. The van der Waals surface area contributed by atoms with Gasteiger partial charge in [0.25, 0.3) is 0 Å². The van der Waals surface area contributed by atoms with E-state index >= 15 is 0 Å². The summed E-state index contributed by atoms with van der Waals surface area (Å²) in [7, 11) is 0. The van der Waals surface area contributed by atoms with Crippen molar-refractivity contribution < 1.29 is 24.9 Å². The van der Waals surface area contributed by atoms with Crippen molar-refractivity contribution in [3.63, 3.8) is 0 Å². The van der Waals surface area contributed by atoms with Gasteiger partial charge in [-0.3, -0.25) is 0 Å². The topological polar surface area (TPSA) is 87.0 Å². The minimum Gasteiger partial charge on any atom is -0.394 e. The maximum atomic E-state index is 10.4. The molecule has 0 radical (unpaired) electrons. The van der Waals surface area contributed by atoms with Gasteiger partial charge in [-0.25, -0.2) is 0 Å². The zero-order chi connectivity index (χ0) is 9.14. The highest BCUT2D eigenvalue weighted by atomic mass is 16.5. The van der Waals surface area contributed by atoms with Gasteiger partial charge in [0.05, 0.1) is 31.3 Å². The molecule has 0 spiro atoms. The molecule has 0 aromatic carbocycles. The van der Waals surface area contributed by atoms with Gasteiger partial charge < -0.3 is 24.9 Å². The van der Waals surface area contributed by atoms with Crippen molar-refractivity contribution in [2.75, 3.05) is 13.2 Å². The van der Waals surface area contributed by atoms with Crippen molar-refractivity contribution in [3.8, 4) is 0 Å². The molecule has 1 saturated heterocycles. The maximum Gasteiger partial charge on any atom is 0.128 e. The smallest absolute Gasteiger partial charge is 0.128 e. The van der Waals surface area contributed by atoms with Gasteiger partial charge in [-0.15, -0.1) is 0 Å². The summed E-state index contributed by atoms with van der Waals surface area (Å²) in [6.45, 7) is -0.371. The van der Waals surface area contributed by atoms with Crippen LogP contribution in [0.15, 0.2) is 0 Å². The first kappa shape index (κ1) is 9.60. The molecule has 4 atom stereocenters. The normalized spacial score (nSPS) is 42.6. The molecule has 12 heavy (non-hydrogen) atoms. The Balaban J connectivity index is 2.64. The van der Waals surface area contributed by atoms with Crippen LogP contribution in [-0.4, -0.2) is 53.1 Å². The molecule has 0 saturated carbocycles. The summed E-state index contributed by atoms with van der Waals surface area (Å²) in [5.74, 6) is -0.834. The molecular formula is C7H12O5. The summed E-state index contributed by atoms with van der Waals surface area (Å²) in [6, 6.07) is 0. The Morgan fingerprint density at radius 1 is 1.50 bits per heavy atom. The summed E-state index contributed by atoms with van der Waals surface area (Å²) in [4.78, 5) is 10.4. The highest BCUT2D eigenvalue weighted by Crippen LogP contribution is 2.19. The molecule has 1 aliphatic rings. The van der Waals surface area contributed by atoms with Crippen LogP contribution in [0.4, 0.5) is 0 Å². The molecule has 5 nitrogen and oxygen atoms in total. The van der Waals surface area contributed by atoms with E-state index in [1.165, 1.54) is 0 Å². The van der Waals surface area contributed by atoms with Crippen LogP contribution >= 0.6 is 0 Å². The lowest BCUT2D eigenvalue weighted by Gasteiger charge is -2.34. The summed E-state index contributed by atoms with van der Waals surface area (Å²) < 4.78 is 4.92. The second-order valence-corrected chi connectivity index (χ2v) is 2.83. The monoisotopic (exact) mass is 176 g/mol. The van der Waals surface area contributed by atoms with E-state index in [2.05, 4.69) is 0 Å². The Labute approximate surface area is 69.6 Å². The van der Waals surface area contributed by atoms with Gasteiger partial charge in [-0.05, 0) is 0 Å². The van der Waals surface area contributed by atoms with E-state index in [1.807, 2.05) is 0 Å². The molecule has 70 valence electrons. The van der Waals surface area contributed by atoms with Crippen molar-refractivity contribution in [3.05, 3.63) is 0 Å². The molecule has 0 aromatic heterocycles. The molecule has 1 aliphatic heterocycles. The fourth-order valence-electron chi connectivity index (χ4n) is 1.25. The molecule has 5 heteroatoms. The number of ether oxygens (including phenoxy) is 1. The zero-order valence-electron chi connectivity index (χ0n) is 6.46. The van der Waals surface area contributed by atoms with E-state index in [1.54, 1.807) is 0 Å². The molecule has 1 fully saturated rings. The van der Waals surface area contributed by atoms with E-state index in [0.717, 1.165) is 0 Å². The standard InChI is InChI=1S/C7H12O5/c8-1-4-6(2-9)12-3-5(10)7(4)11/h1,4-7,9-11H,2-3H2/t4?,5-,6-,7+/m1/s1. The minimum absolute atomic E-state index is 0.0449. The first-order valence-corrected chi connectivity index (χ1v) is 3.74. The predicted octanol–water partition coefficient (Wildman–Crippen LogP) is -2.09. The predicted molar refractivity (Wildman–Crippen MR) is 38.4 cm³/mol. The van der Waals surface area contributed by atoms with Crippen molar-refractivity contribution in [2.24, 2.45) is 5.92 Å². The van der Waals surface area contributed by atoms with Gasteiger partial charge >= 0.3 is 0 Å². The number of carbonyl (C=O) groups is 1. The van der Waals surface area contributed by atoms with Crippen molar-refractivity contribution in [2.45, 2.75) is 18.3 Å². The molecule has 0 amide bonds. The number of hydrogen-bond acceptors (Lipinski definition) is 5. The Morgan fingerprint density at radius 2 is 2.17 bits per heavy atom. The van der Waals surface area contributed by atoms with Gasteiger partial charge in [0.15, 0.2) is 0 Å². The van der Waals surface area contributed by atoms with Crippen LogP contribution in [0.25, 0.3) is 0 Å². The van der Waals surface area contributed by atoms with Crippen LogP contribution in [0, 0.1) is 5.92 Å². The third-order valence-corrected chi connectivity index (χ3v) is 2.04. The van der Waals surface area contributed by atoms with Gasteiger partial charge in [-0.1, -0.05) is 0 Å². The lowest BCUT2D eigenvalue weighted by atomic mass is 9.91. The fourth-order valence-corrected chi connectivity index (χ4v) is 1.25. The number of aliphatic hydroxyl groups is 3. The van der Waals surface area contributed by atoms with Crippen LogP contribution in [-0.2, 0) is 9.53 Å². The van der Waals surface area contributed by atoms with Crippen LogP contribution in [0.3, 0.4) is 0 Å². The number of aldehydes is 1. The average molecular weight is 176 g/mol. The van der Waals surface area contributed by atoms with E-state index in [4.69, 9.17) is 14.9 Å². The Bertz CT molecular complexity index is 158. The molecule has 0 aliphatic carbocycles. The third-order valence-electron chi connectivity index (χ3n) is 2.04. The van der Waals surface area contributed by atoms with Crippen molar-refractivity contribution in [1.82, 2.24) is 0 Å². The fraction of sp³-hybridized carbons (Fsp3) is 0.857. The third kappa shape index (κ3) is 1.64. The lowest BCUT2D eigenvalue weighted by Crippen LogP contribution is -2.51. The van der Waals surface area contributed by atoms with Gasteiger partial charge in [0.2, 0.25) is 0 Å². The van der Waals surface area contributed by atoms with Gasteiger partial charge in [-0.2, -0.15) is 0 Å². The van der Waals surface area contributed by atoms with E-state index < -0.39 is 24.2 Å². The van der Waals surface area contributed by atoms with Gasteiger partial charge in [0, 0.05) is 0 Å². The highest BCUT2D eigenvalue weighted by molar-refractivity contribution is 5.56. The van der Waals surface area contributed by atoms with Crippen molar-refractivity contribution in [1.29, 1.82) is 0 Å². The lowest BCUT2D eigenvalue weighted by molar-refractivity contribution is -0.169. The molecule has 3 N–H and O–H groups in total. The van der Waals surface area contributed by atoms with E-state index in [-0.39, 0.29) is 13.2 Å². The second-order valence-electron chi connectivity index (χ2n) is 2.83. The molecule has 1 unspecified atom stereocenters. The van der Waals surface area contributed by atoms with Crippen LogP contribution in [0.1, 0.15) is 0 Å². The summed E-state index contributed by atoms with van der Waals surface area (Å²) in [5.41, 5.74) is 0. The van der Waals surface area contributed by atoms with E-state index in [0.29, 0.717) is 6.29 Å². The quantitative estimate of drug-likeness (QED) is 0.420. The summed E-state index contributed by atoms with van der Waals surface area (Å²) in [6.07, 6.45) is -2.37. The molecule has 1 heterocycles. The number of carbonyl (C=O) groups excluding carboxylic acids is 1. The first-order chi connectivity index (χ1) is 5.70. The molecule has 0 aromatic rings. The highest BCUT2D eigenvalue weighted by Gasteiger charge is 2.37. The summed E-state index contributed by atoms with van der Waals surface area (Å²) >= 11 is 0. The van der Waals surface area contributed by atoms with Crippen LogP contribution < -0.4 is 0 Å². The zero-order valence-corrected chi connectivity index (χ0v) is 6.46. The number of rotatable bonds is 2. The first-order valence-electron chi connectivity index (χ1n) is 3.74. The maximum absolute atomic E-state index is 10.4. The van der Waals surface area contributed by atoms with Crippen LogP contribution in [0.2, 0.25) is 0 Å². The number of hydrogen-bond donors (Lipinski definition) is 3. The summed E-state index contributed by atoms with van der Waals surface area (Å²) in [5, 5.41) is 27.1. The van der Waals surface area contributed by atoms with E-state index in [9.17, 15) is 9.90 Å². The largest absolute Gasteiger partial charge is 0.394 e. The molecule has 0 bridgehead atoms. The SMILES string of the molecule is O=CC1[C@@H](CO)OC[C@@H](O)[C@H]1O. The average Bonchev–Trinajstić information content (AvgIpc) is 2.09. The van der Waals surface area contributed by atoms with Crippen molar-refractivity contribution >= 4 is 6.29 Å². The Kier molecular flexibility index (Phi) is 3.16. The molecule has 1 rings (SSSR count). The Morgan fingerprint density at radius 3 is 2.67 bits per heavy atom. The number of aliphatic hydroxyl groups excluding tert-OH is 3.